The van der Waals surface area contributed by atoms with Crippen LogP contribution in [0.15, 0.2) is 42.5 Å². The van der Waals surface area contributed by atoms with Gasteiger partial charge in [0.1, 0.15) is 11.6 Å². The molecule has 28 heavy (non-hydrogen) atoms. The maximum Gasteiger partial charge on any atom is 0.303 e. The lowest BCUT2D eigenvalue weighted by Gasteiger charge is -2.10. The number of amides is 2. The molecule has 0 aromatic heterocycles. The van der Waals surface area contributed by atoms with E-state index in [-0.39, 0.29) is 24.4 Å². The maximum absolute atomic E-state index is 13.9. The highest BCUT2D eigenvalue weighted by atomic mass is 19.1. The third-order valence-corrected chi connectivity index (χ3v) is 3.71. The van der Waals surface area contributed by atoms with Gasteiger partial charge in [0.05, 0.1) is 12.2 Å². The molecule has 0 aliphatic carbocycles. The van der Waals surface area contributed by atoms with Crippen LogP contribution in [0.2, 0.25) is 0 Å². The molecule has 0 atom stereocenters. The van der Waals surface area contributed by atoms with E-state index in [0.717, 1.165) is 11.6 Å². The molecule has 2 rings (SSSR count). The van der Waals surface area contributed by atoms with Crippen molar-refractivity contribution >= 4 is 23.5 Å². The van der Waals surface area contributed by atoms with E-state index in [2.05, 4.69) is 10.6 Å². The second-order valence-corrected chi connectivity index (χ2v) is 6.05. The SMILES string of the molecule is CC(=O)Nc1ccc(F)c(C(=O)NCc2ccc(OCCCC(=O)O)cc2)c1. The topological polar surface area (TPSA) is 105 Å². The molecule has 0 bridgehead atoms. The second kappa shape index (κ2) is 10.1. The molecule has 8 heteroatoms. The van der Waals surface area contributed by atoms with Gasteiger partial charge >= 0.3 is 5.97 Å². The Bertz CT molecular complexity index is 852. The summed E-state index contributed by atoms with van der Waals surface area (Å²) in [7, 11) is 0. The van der Waals surface area contributed by atoms with E-state index in [1.165, 1.54) is 19.1 Å². The summed E-state index contributed by atoms with van der Waals surface area (Å²) in [4.78, 5) is 33.8. The molecule has 2 aromatic carbocycles. The molecule has 148 valence electrons. The average Bonchev–Trinajstić information content (AvgIpc) is 2.65. The van der Waals surface area contributed by atoms with Gasteiger partial charge in [0.15, 0.2) is 0 Å². The molecular formula is C20H21FN2O5. The minimum absolute atomic E-state index is 0.0454. The number of carbonyl (C=O) groups is 3. The Morgan fingerprint density at radius 3 is 2.46 bits per heavy atom. The van der Waals surface area contributed by atoms with Gasteiger partial charge < -0.3 is 20.5 Å². The van der Waals surface area contributed by atoms with Crippen LogP contribution in [0, 0.1) is 5.82 Å². The Kier molecular flexibility index (Phi) is 7.50. The lowest BCUT2D eigenvalue weighted by atomic mass is 10.1. The number of carboxylic acid groups (broad SMARTS) is 1. The van der Waals surface area contributed by atoms with Crippen LogP contribution in [-0.4, -0.2) is 29.5 Å². The first kappa shape index (κ1) is 20.9. The van der Waals surface area contributed by atoms with E-state index in [4.69, 9.17) is 9.84 Å². The largest absolute Gasteiger partial charge is 0.494 e. The standard InChI is InChI=1S/C20H21FN2O5/c1-13(24)23-15-6-9-18(21)17(11-15)20(27)22-12-14-4-7-16(8-5-14)28-10-2-3-19(25)26/h4-9,11H,2-3,10,12H2,1H3,(H,22,27)(H,23,24)(H,25,26). The smallest absolute Gasteiger partial charge is 0.303 e. The number of halogens is 1. The Morgan fingerprint density at radius 2 is 1.82 bits per heavy atom. The summed E-state index contributed by atoms with van der Waals surface area (Å²) >= 11 is 0. The van der Waals surface area contributed by atoms with Gasteiger partial charge in [-0.05, 0) is 42.3 Å². The summed E-state index contributed by atoms with van der Waals surface area (Å²) in [6.45, 7) is 1.80. The van der Waals surface area contributed by atoms with Crippen molar-refractivity contribution in [2.24, 2.45) is 0 Å². The quantitative estimate of drug-likeness (QED) is 0.573. The number of ether oxygens (including phenoxy) is 1. The van der Waals surface area contributed by atoms with E-state index in [9.17, 15) is 18.8 Å². The number of hydrogen-bond donors (Lipinski definition) is 3. The molecule has 7 nitrogen and oxygen atoms in total. The predicted molar refractivity (Wildman–Crippen MR) is 101 cm³/mol. The molecule has 0 aliphatic heterocycles. The number of benzene rings is 2. The number of aliphatic carboxylic acids is 1. The number of rotatable bonds is 9. The van der Waals surface area contributed by atoms with Gasteiger partial charge in [-0.25, -0.2) is 4.39 Å². The van der Waals surface area contributed by atoms with Crippen molar-refractivity contribution in [3.63, 3.8) is 0 Å². The van der Waals surface area contributed by atoms with Crippen LogP contribution in [-0.2, 0) is 16.1 Å². The fourth-order valence-corrected chi connectivity index (χ4v) is 2.37. The first-order valence-corrected chi connectivity index (χ1v) is 8.64. The Balaban J connectivity index is 1.88. The molecule has 0 aliphatic rings. The summed E-state index contributed by atoms with van der Waals surface area (Å²) in [6, 6.07) is 10.7. The van der Waals surface area contributed by atoms with E-state index < -0.39 is 17.7 Å². The van der Waals surface area contributed by atoms with Crippen LogP contribution in [0.3, 0.4) is 0 Å². The normalized spacial score (nSPS) is 10.2. The van der Waals surface area contributed by atoms with E-state index in [1.54, 1.807) is 24.3 Å². The monoisotopic (exact) mass is 388 g/mol. The average molecular weight is 388 g/mol. The minimum Gasteiger partial charge on any atom is -0.494 e. The fourth-order valence-electron chi connectivity index (χ4n) is 2.37. The number of nitrogens with one attached hydrogen (secondary N) is 2. The van der Waals surface area contributed by atoms with Gasteiger partial charge in [0.2, 0.25) is 5.91 Å². The van der Waals surface area contributed by atoms with Crippen LogP contribution >= 0.6 is 0 Å². The van der Waals surface area contributed by atoms with Crippen molar-refractivity contribution in [3.05, 3.63) is 59.4 Å². The summed E-state index contributed by atoms with van der Waals surface area (Å²) in [5.41, 5.74) is 0.956. The molecule has 0 saturated heterocycles. The molecule has 0 heterocycles. The molecule has 0 radical (unpaired) electrons. The number of carboxylic acids is 1. The molecule has 0 fully saturated rings. The number of carbonyl (C=O) groups excluding carboxylic acids is 2. The lowest BCUT2D eigenvalue weighted by molar-refractivity contribution is -0.137. The molecule has 0 spiro atoms. The molecule has 2 amide bonds. The van der Waals surface area contributed by atoms with Crippen molar-refractivity contribution < 1.29 is 28.6 Å². The van der Waals surface area contributed by atoms with E-state index in [0.29, 0.717) is 24.5 Å². The highest BCUT2D eigenvalue weighted by Crippen LogP contribution is 2.16. The summed E-state index contributed by atoms with van der Waals surface area (Å²) < 4.78 is 19.3. The summed E-state index contributed by atoms with van der Waals surface area (Å²) in [6.07, 6.45) is 0.458. The first-order chi connectivity index (χ1) is 13.3. The summed E-state index contributed by atoms with van der Waals surface area (Å²) in [5, 5.41) is 13.7. The van der Waals surface area contributed by atoms with Crippen LogP contribution in [0.5, 0.6) is 5.75 Å². The van der Waals surface area contributed by atoms with Crippen molar-refractivity contribution in [2.75, 3.05) is 11.9 Å². The van der Waals surface area contributed by atoms with E-state index >= 15 is 0 Å². The molecular weight excluding hydrogens is 367 g/mol. The fraction of sp³-hybridized carbons (Fsp3) is 0.250. The van der Waals surface area contributed by atoms with Crippen molar-refractivity contribution in [1.29, 1.82) is 0 Å². The van der Waals surface area contributed by atoms with Gasteiger partial charge in [0, 0.05) is 25.6 Å². The van der Waals surface area contributed by atoms with Crippen LogP contribution < -0.4 is 15.4 Å². The van der Waals surface area contributed by atoms with Gasteiger partial charge in [-0.2, -0.15) is 0 Å². The molecule has 0 saturated carbocycles. The molecule has 2 aromatic rings. The highest BCUT2D eigenvalue weighted by molar-refractivity contribution is 5.97. The zero-order valence-electron chi connectivity index (χ0n) is 15.3. The van der Waals surface area contributed by atoms with Crippen molar-refractivity contribution in [3.8, 4) is 5.75 Å². The molecule has 0 unspecified atom stereocenters. The van der Waals surface area contributed by atoms with Crippen molar-refractivity contribution in [1.82, 2.24) is 5.32 Å². The van der Waals surface area contributed by atoms with Gasteiger partial charge in [-0.1, -0.05) is 12.1 Å². The number of anilines is 1. The highest BCUT2D eigenvalue weighted by Gasteiger charge is 2.13. The van der Waals surface area contributed by atoms with Crippen molar-refractivity contribution in [2.45, 2.75) is 26.3 Å². The lowest BCUT2D eigenvalue weighted by Crippen LogP contribution is -2.24. The number of hydrogen-bond acceptors (Lipinski definition) is 4. The van der Waals surface area contributed by atoms with Crippen LogP contribution in [0.25, 0.3) is 0 Å². The zero-order chi connectivity index (χ0) is 20.5. The maximum atomic E-state index is 13.9. The second-order valence-electron chi connectivity index (χ2n) is 6.05. The minimum atomic E-state index is -0.867. The van der Waals surface area contributed by atoms with Crippen LogP contribution in [0.4, 0.5) is 10.1 Å². The Hall–Kier alpha value is -3.42. The first-order valence-electron chi connectivity index (χ1n) is 8.64. The van der Waals surface area contributed by atoms with Gasteiger partial charge in [0.25, 0.3) is 5.91 Å². The predicted octanol–water partition coefficient (Wildman–Crippen LogP) is 2.96. The summed E-state index contributed by atoms with van der Waals surface area (Å²) in [5.74, 6) is -1.87. The Labute approximate surface area is 161 Å². The van der Waals surface area contributed by atoms with Gasteiger partial charge in [-0.15, -0.1) is 0 Å². The Morgan fingerprint density at radius 1 is 1.11 bits per heavy atom. The zero-order valence-corrected chi connectivity index (χ0v) is 15.3. The molecule has 3 N–H and O–H groups in total. The third kappa shape index (κ3) is 6.71. The third-order valence-electron chi connectivity index (χ3n) is 3.71. The van der Waals surface area contributed by atoms with E-state index in [1.807, 2.05) is 0 Å². The van der Waals surface area contributed by atoms with Gasteiger partial charge in [-0.3, -0.25) is 14.4 Å². The van der Waals surface area contributed by atoms with Crippen LogP contribution in [0.1, 0.15) is 35.7 Å².